The Bertz CT molecular complexity index is 324. The zero-order valence-electron chi connectivity index (χ0n) is 10.3. The predicted molar refractivity (Wildman–Crippen MR) is 78.3 cm³/mol. The van der Waals surface area contributed by atoms with Crippen LogP contribution in [0.4, 0.5) is 4.39 Å². The number of hydrogen-bond acceptors (Lipinski definition) is 2. The molecule has 1 aromatic rings. The predicted octanol–water partition coefficient (Wildman–Crippen LogP) is 2.65. The first kappa shape index (κ1) is 17.6. The van der Waals surface area contributed by atoms with Gasteiger partial charge in [0, 0.05) is 25.6 Å². The van der Waals surface area contributed by atoms with Crippen LogP contribution in [0.2, 0.25) is 0 Å². The van der Waals surface area contributed by atoms with Gasteiger partial charge in [-0.3, -0.25) is 4.90 Å². The smallest absolute Gasteiger partial charge is 0.116 e. The quantitative estimate of drug-likeness (QED) is 0.925. The normalized spacial score (nSPS) is 20.9. The standard InChI is InChI=1S/C13H19FN2.2ClH/c14-13(8-15)12-6-7-16(10-12)9-11-4-2-1-3-5-11;;/h1-5,12-13H,6-10,15H2;2*1H. The second-order valence-electron chi connectivity index (χ2n) is 4.52. The van der Waals surface area contributed by atoms with Crippen molar-refractivity contribution in [2.75, 3.05) is 19.6 Å². The second kappa shape index (κ2) is 8.70. The van der Waals surface area contributed by atoms with Gasteiger partial charge < -0.3 is 5.73 Å². The minimum absolute atomic E-state index is 0. The third-order valence-electron chi connectivity index (χ3n) is 3.29. The summed E-state index contributed by atoms with van der Waals surface area (Å²) in [5, 5.41) is 0. The molecule has 18 heavy (non-hydrogen) atoms. The van der Waals surface area contributed by atoms with Crippen molar-refractivity contribution in [2.45, 2.75) is 19.1 Å². The van der Waals surface area contributed by atoms with Gasteiger partial charge in [-0.15, -0.1) is 24.8 Å². The van der Waals surface area contributed by atoms with Crippen molar-refractivity contribution in [3.63, 3.8) is 0 Å². The Balaban J connectivity index is 0.00000144. The molecule has 2 unspecified atom stereocenters. The number of rotatable bonds is 4. The van der Waals surface area contributed by atoms with Gasteiger partial charge in [-0.25, -0.2) is 4.39 Å². The minimum atomic E-state index is -0.833. The maximum absolute atomic E-state index is 13.4. The van der Waals surface area contributed by atoms with E-state index in [0.717, 1.165) is 26.1 Å². The molecule has 104 valence electrons. The molecule has 0 aliphatic carbocycles. The summed E-state index contributed by atoms with van der Waals surface area (Å²) in [6.07, 6.45) is 0.103. The van der Waals surface area contributed by atoms with Gasteiger partial charge in [0.25, 0.3) is 0 Å². The fourth-order valence-electron chi connectivity index (χ4n) is 2.34. The minimum Gasteiger partial charge on any atom is -0.328 e. The summed E-state index contributed by atoms with van der Waals surface area (Å²) in [6, 6.07) is 10.3. The molecule has 1 heterocycles. The van der Waals surface area contributed by atoms with Crippen molar-refractivity contribution in [1.29, 1.82) is 0 Å². The van der Waals surface area contributed by atoms with Crippen LogP contribution in [0, 0.1) is 5.92 Å². The lowest BCUT2D eigenvalue weighted by Gasteiger charge is -2.17. The molecular weight excluding hydrogens is 274 g/mol. The van der Waals surface area contributed by atoms with Crippen LogP contribution in [0.5, 0.6) is 0 Å². The Morgan fingerprint density at radius 1 is 1.28 bits per heavy atom. The molecule has 0 spiro atoms. The molecule has 1 aromatic carbocycles. The molecular formula is C13H21Cl2FN2. The van der Waals surface area contributed by atoms with Crippen LogP contribution in [0.1, 0.15) is 12.0 Å². The highest BCUT2D eigenvalue weighted by Gasteiger charge is 2.28. The highest BCUT2D eigenvalue weighted by molar-refractivity contribution is 5.85. The van der Waals surface area contributed by atoms with E-state index in [2.05, 4.69) is 17.0 Å². The number of hydrogen-bond donors (Lipinski definition) is 1. The van der Waals surface area contributed by atoms with E-state index in [4.69, 9.17) is 5.73 Å². The maximum atomic E-state index is 13.4. The molecule has 2 atom stereocenters. The maximum Gasteiger partial charge on any atom is 0.116 e. The van der Waals surface area contributed by atoms with Crippen molar-refractivity contribution in [2.24, 2.45) is 11.7 Å². The van der Waals surface area contributed by atoms with E-state index in [1.54, 1.807) is 0 Å². The Labute approximate surface area is 121 Å². The van der Waals surface area contributed by atoms with Crippen LogP contribution in [0.25, 0.3) is 0 Å². The van der Waals surface area contributed by atoms with Crippen LogP contribution < -0.4 is 5.73 Å². The van der Waals surface area contributed by atoms with Gasteiger partial charge in [-0.05, 0) is 18.5 Å². The van der Waals surface area contributed by atoms with E-state index in [-0.39, 0.29) is 37.3 Å². The Hall–Kier alpha value is -0.350. The highest BCUT2D eigenvalue weighted by Crippen LogP contribution is 2.22. The molecule has 0 saturated carbocycles. The second-order valence-corrected chi connectivity index (χ2v) is 4.52. The van der Waals surface area contributed by atoms with E-state index in [1.807, 2.05) is 18.2 Å². The topological polar surface area (TPSA) is 29.3 Å². The number of nitrogens with zero attached hydrogens (tertiary/aromatic N) is 1. The molecule has 1 fully saturated rings. The average molecular weight is 295 g/mol. The fraction of sp³-hybridized carbons (Fsp3) is 0.538. The van der Waals surface area contributed by atoms with E-state index in [9.17, 15) is 4.39 Å². The largest absolute Gasteiger partial charge is 0.328 e. The zero-order chi connectivity index (χ0) is 11.4. The molecule has 0 amide bonds. The van der Waals surface area contributed by atoms with Crippen LogP contribution in [-0.4, -0.2) is 30.7 Å². The van der Waals surface area contributed by atoms with Gasteiger partial charge >= 0.3 is 0 Å². The van der Waals surface area contributed by atoms with Gasteiger partial charge in [-0.1, -0.05) is 30.3 Å². The number of halogens is 3. The van der Waals surface area contributed by atoms with Crippen LogP contribution in [0.15, 0.2) is 30.3 Å². The molecule has 1 saturated heterocycles. The molecule has 2 N–H and O–H groups in total. The fourth-order valence-corrected chi connectivity index (χ4v) is 2.34. The number of benzene rings is 1. The summed E-state index contributed by atoms with van der Waals surface area (Å²) in [4.78, 5) is 2.31. The van der Waals surface area contributed by atoms with Crippen molar-refractivity contribution >= 4 is 24.8 Å². The van der Waals surface area contributed by atoms with Crippen molar-refractivity contribution < 1.29 is 4.39 Å². The van der Waals surface area contributed by atoms with Gasteiger partial charge in [0.05, 0.1) is 0 Å². The van der Waals surface area contributed by atoms with Gasteiger partial charge in [-0.2, -0.15) is 0 Å². The number of alkyl halides is 1. The summed E-state index contributed by atoms with van der Waals surface area (Å²) in [5.74, 6) is 0.133. The first-order valence-electron chi connectivity index (χ1n) is 5.90. The van der Waals surface area contributed by atoms with Crippen molar-refractivity contribution in [3.05, 3.63) is 35.9 Å². The van der Waals surface area contributed by atoms with Gasteiger partial charge in [0.1, 0.15) is 6.17 Å². The average Bonchev–Trinajstić information content (AvgIpc) is 2.78. The summed E-state index contributed by atoms with van der Waals surface area (Å²) in [7, 11) is 0. The van der Waals surface area contributed by atoms with Crippen LogP contribution in [-0.2, 0) is 6.54 Å². The van der Waals surface area contributed by atoms with E-state index in [1.165, 1.54) is 5.56 Å². The first-order chi connectivity index (χ1) is 7.79. The van der Waals surface area contributed by atoms with Crippen molar-refractivity contribution in [3.8, 4) is 0 Å². The lowest BCUT2D eigenvalue weighted by Crippen LogP contribution is -2.28. The molecule has 2 nitrogen and oxygen atoms in total. The summed E-state index contributed by atoms with van der Waals surface area (Å²) >= 11 is 0. The zero-order valence-corrected chi connectivity index (χ0v) is 11.9. The third kappa shape index (κ3) is 4.73. The molecule has 0 radical (unpaired) electrons. The van der Waals surface area contributed by atoms with Gasteiger partial charge in [0.2, 0.25) is 0 Å². The molecule has 0 bridgehead atoms. The Morgan fingerprint density at radius 3 is 2.56 bits per heavy atom. The first-order valence-corrected chi connectivity index (χ1v) is 5.90. The lowest BCUT2D eigenvalue weighted by molar-refractivity contribution is 0.224. The molecule has 0 aromatic heterocycles. The molecule has 1 aliphatic heterocycles. The Kier molecular flexibility index (Phi) is 8.53. The van der Waals surface area contributed by atoms with Crippen LogP contribution >= 0.6 is 24.8 Å². The van der Waals surface area contributed by atoms with E-state index >= 15 is 0 Å². The molecule has 2 rings (SSSR count). The summed E-state index contributed by atoms with van der Waals surface area (Å²) in [6.45, 7) is 2.91. The summed E-state index contributed by atoms with van der Waals surface area (Å²) in [5.41, 5.74) is 6.65. The van der Waals surface area contributed by atoms with Crippen molar-refractivity contribution in [1.82, 2.24) is 4.90 Å². The number of likely N-dealkylation sites (tertiary alicyclic amines) is 1. The lowest BCUT2D eigenvalue weighted by atomic mass is 10.0. The van der Waals surface area contributed by atoms with E-state index < -0.39 is 6.17 Å². The third-order valence-corrected chi connectivity index (χ3v) is 3.29. The SMILES string of the molecule is Cl.Cl.NCC(F)C1CCN(Cc2ccccc2)C1. The Morgan fingerprint density at radius 2 is 1.94 bits per heavy atom. The highest BCUT2D eigenvalue weighted by atomic mass is 35.5. The van der Waals surface area contributed by atoms with E-state index in [0.29, 0.717) is 0 Å². The molecule has 5 heteroatoms. The monoisotopic (exact) mass is 294 g/mol. The van der Waals surface area contributed by atoms with Gasteiger partial charge in [0.15, 0.2) is 0 Å². The summed E-state index contributed by atoms with van der Waals surface area (Å²) < 4.78 is 13.4. The van der Waals surface area contributed by atoms with Crippen LogP contribution in [0.3, 0.4) is 0 Å². The molecule has 1 aliphatic rings. The number of nitrogens with two attached hydrogens (primary N) is 1.